The van der Waals surface area contributed by atoms with Gasteiger partial charge in [-0.2, -0.15) is 5.10 Å². The predicted molar refractivity (Wildman–Crippen MR) is 114 cm³/mol. The molecule has 0 radical (unpaired) electrons. The lowest BCUT2D eigenvalue weighted by atomic mass is 9.98. The number of piperidine rings is 2. The van der Waals surface area contributed by atoms with Gasteiger partial charge in [-0.15, -0.1) is 0 Å². The summed E-state index contributed by atoms with van der Waals surface area (Å²) < 4.78 is 0. The van der Waals surface area contributed by atoms with Crippen molar-refractivity contribution in [2.24, 2.45) is 0 Å². The molecule has 1 aromatic carbocycles. The number of amides is 3. The summed E-state index contributed by atoms with van der Waals surface area (Å²) in [7, 11) is 0. The van der Waals surface area contributed by atoms with Crippen molar-refractivity contribution >= 4 is 17.7 Å². The van der Waals surface area contributed by atoms with Gasteiger partial charge in [0.1, 0.15) is 11.9 Å². The Bertz CT molecular complexity index is 1040. The van der Waals surface area contributed by atoms with E-state index >= 15 is 0 Å². The highest BCUT2D eigenvalue weighted by atomic mass is 16.2. The molecule has 1 atom stereocenters. The second-order valence-electron chi connectivity index (χ2n) is 8.62. The summed E-state index contributed by atoms with van der Waals surface area (Å²) in [5, 5.41) is 16.4. The van der Waals surface area contributed by atoms with Crippen LogP contribution in [0.5, 0.6) is 0 Å². The van der Waals surface area contributed by atoms with Crippen molar-refractivity contribution < 1.29 is 14.4 Å². The summed E-state index contributed by atoms with van der Waals surface area (Å²) in [6.07, 6.45) is 2.71. The van der Waals surface area contributed by atoms with E-state index < -0.39 is 11.9 Å². The Labute approximate surface area is 185 Å². The van der Waals surface area contributed by atoms with Crippen LogP contribution in [0.3, 0.4) is 0 Å². The van der Waals surface area contributed by atoms with Crippen molar-refractivity contribution in [2.45, 2.75) is 57.3 Å². The topological polar surface area (TPSA) is 132 Å². The van der Waals surface area contributed by atoms with E-state index in [0.717, 1.165) is 48.7 Å². The van der Waals surface area contributed by atoms with Crippen LogP contribution in [0.25, 0.3) is 0 Å². The van der Waals surface area contributed by atoms with Crippen molar-refractivity contribution in [3.05, 3.63) is 46.5 Å². The van der Waals surface area contributed by atoms with E-state index in [4.69, 9.17) is 0 Å². The normalized spacial score (nSPS) is 21.7. The number of H-pyrrole nitrogens is 1. The monoisotopic (exact) mass is 437 g/mol. The number of benzene rings is 1. The minimum Gasteiger partial charge on any atom is -0.322 e. The third-order valence-electron chi connectivity index (χ3n) is 6.50. The summed E-state index contributed by atoms with van der Waals surface area (Å²) in [5.41, 5.74) is 2.45. The van der Waals surface area contributed by atoms with Gasteiger partial charge < -0.3 is 15.5 Å². The lowest BCUT2D eigenvalue weighted by Gasteiger charge is -2.29. The van der Waals surface area contributed by atoms with Gasteiger partial charge in [0.05, 0.1) is 6.54 Å². The van der Waals surface area contributed by atoms with E-state index in [0.29, 0.717) is 37.5 Å². The third-order valence-corrected chi connectivity index (χ3v) is 6.50. The quantitative estimate of drug-likeness (QED) is 0.479. The smallest absolute Gasteiger partial charge is 0.255 e. The first kappa shape index (κ1) is 20.8. The maximum Gasteiger partial charge on any atom is 0.255 e. The zero-order chi connectivity index (χ0) is 22.1. The molecule has 2 fully saturated rings. The zero-order valence-electron chi connectivity index (χ0n) is 17.8. The predicted octanol–water partition coefficient (Wildman–Crippen LogP) is 0.323. The summed E-state index contributed by atoms with van der Waals surface area (Å²) in [4.78, 5) is 43.1. The molecule has 10 nitrogen and oxygen atoms in total. The van der Waals surface area contributed by atoms with Gasteiger partial charge in [0.25, 0.3) is 5.91 Å². The van der Waals surface area contributed by atoms with Crippen LogP contribution >= 0.6 is 0 Å². The first-order valence-electron chi connectivity index (χ1n) is 11.2. The van der Waals surface area contributed by atoms with Crippen molar-refractivity contribution in [3.8, 4) is 0 Å². The van der Waals surface area contributed by atoms with Crippen LogP contribution < -0.4 is 16.0 Å². The highest BCUT2D eigenvalue weighted by molar-refractivity contribution is 6.05. The largest absolute Gasteiger partial charge is 0.322 e. The molecule has 3 amide bonds. The fraction of sp³-hybridized carbons (Fsp3) is 0.500. The number of hydrogen-bond acceptors (Lipinski definition) is 7. The highest BCUT2D eigenvalue weighted by Gasteiger charge is 2.39. The lowest BCUT2D eigenvalue weighted by molar-refractivity contribution is -0.136. The number of nitrogens with zero attached hydrogens (tertiary/aromatic N) is 3. The van der Waals surface area contributed by atoms with Crippen LogP contribution in [0, 0.1) is 0 Å². The molecule has 10 heteroatoms. The number of rotatable bonds is 6. The van der Waals surface area contributed by atoms with E-state index in [1.54, 1.807) is 4.90 Å². The molecule has 168 valence electrons. The standard InChI is InChI=1S/C22H27N7O3/c30-18-5-4-16(21(31)26-18)29-12-15-3-1-2-14(19(15)22(29)32)10-24-11-17-25-20(28-27-17)13-6-8-23-9-7-13/h1-3,13,16,23-24H,4-12H2,(H,25,27,28)(H,26,30,31). The van der Waals surface area contributed by atoms with E-state index in [1.165, 1.54) is 0 Å². The SMILES string of the molecule is O=C1CCC(N2Cc3cccc(CNCc4nc(C5CCNCC5)n[nH]4)c3C2=O)C(=O)N1. The molecule has 1 aromatic heterocycles. The lowest BCUT2D eigenvalue weighted by Crippen LogP contribution is -2.52. The molecule has 3 aliphatic rings. The molecule has 0 aliphatic carbocycles. The van der Waals surface area contributed by atoms with Crippen molar-refractivity contribution in [1.82, 2.24) is 36.0 Å². The number of imide groups is 1. The maximum atomic E-state index is 13.2. The average molecular weight is 438 g/mol. The number of aromatic nitrogens is 3. The Balaban J connectivity index is 1.22. The van der Waals surface area contributed by atoms with Crippen LogP contribution in [0.1, 0.15) is 64.7 Å². The summed E-state index contributed by atoms with van der Waals surface area (Å²) in [6, 6.07) is 5.18. The molecule has 4 heterocycles. The third kappa shape index (κ3) is 4.03. The number of carbonyl (C=O) groups is 3. The Morgan fingerprint density at radius 1 is 1.09 bits per heavy atom. The first-order chi connectivity index (χ1) is 15.6. The average Bonchev–Trinajstić information content (AvgIpc) is 3.40. The second kappa shape index (κ2) is 8.79. The molecular weight excluding hydrogens is 410 g/mol. The van der Waals surface area contributed by atoms with Gasteiger partial charge in [0.2, 0.25) is 11.8 Å². The highest BCUT2D eigenvalue weighted by Crippen LogP contribution is 2.30. The number of fused-ring (bicyclic) bond motifs is 1. The molecule has 5 rings (SSSR count). The minimum absolute atomic E-state index is 0.153. The Morgan fingerprint density at radius 2 is 1.94 bits per heavy atom. The van der Waals surface area contributed by atoms with E-state index in [9.17, 15) is 14.4 Å². The van der Waals surface area contributed by atoms with Crippen molar-refractivity contribution in [1.29, 1.82) is 0 Å². The van der Waals surface area contributed by atoms with Gasteiger partial charge in [0.15, 0.2) is 5.82 Å². The number of aromatic amines is 1. The molecule has 0 spiro atoms. The minimum atomic E-state index is -0.601. The molecule has 2 aromatic rings. The Kier molecular flexibility index (Phi) is 5.71. The number of carbonyl (C=O) groups excluding carboxylic acids is 3. The van der Waals surface area contributed by atoms with E-state index in [-0.39, 0.29) is 18.2 Å². The van der Waals surface area contributed by atoms with Crippen molar-refractivity contribution in [3.63, 3.8) is 0 Å². The van der Waals surface area contributed by atoms with E-state index in [1.807, 2.05) is 18.2 Å². The van der Waals surface area contributed by atoms with Crippen LogP contribution in [0.2, 0.25) is 0 Å². The maximum absolute atomic E-state index is 13.2. The number of nitrogens with one attached hydrogen (secondary N) is 4. The summed E-state index contributed by atoms with van der Waals surface area (Å²) in [5.74, 6) is 1.23. The van der Waals surface area contributed by atoms with Gasteiger partial charge in [-0.3, -0.25) is 24.8 Å². The Hall–Kier alpha value is -3.11. The molecule has 0 saturated carbocycles. The van der Waals surface area contributed by atoms with E-state index in [2.05, 4.69) is 31.1 Å². The summed E-state index contributed by atoms with van der Waals surface area (Å²) in [6.45, 7) is 3.40. The summed E-state index contributed by atoms with van der Waals surface area (Å²) >= 11 is 0. The zero-order valence-corrected chi connectivity index (χ0v) is 17.8. The van der Waals surface area contributed by atoms with Crippen LogP contribution in [0.4, 0.5) is 0 Å². The van der Waals surface area contributed by atoms with Crippen LogP contribution in [0.15, 0.2) is 18.2 Å². The van der Waals surface area contributed by atoms with Gasteiger partial charge in [0, 0.05) is 31.0 Å². The molecule has 3 aliphatic heterocycles. The molecule has 1 unspecified atom stereocenters. The van der Waals surface area contributed by atoms with Crippen LogP contribution in [-0.2, 0) is 29.2 Å². The van der Waals surface area contributed by atoms with Gasteiger partial charge in [-0.05, 0) is 43.5 Å². The Morgan fingerprint density at radius 3 is 2.75 bits per heavy atom. The van der Waals surface area contributed by atoms with Crippen molar-refractivity contribution in [2.75, 3.05) is 13.1 Å². The van der Waals surface area contributed by atoms with Gasteiger partial charge in [-0.25, -0.2) is 4.98 Å². The fourth-order valence-electron chi connectivity index (χ4n) is 4.80. The molecule has 2 saturated heterocycles. The molecule has 4 N–H and O–H groups in total. The molecule has 32 heavy (non-hydrogen) atoms. The van der Waals surface area contributed by atoms with Crippen LogP contribution in [-0.4, -0.2) is 56.9 Å². The molecular formula is C22H27N7O3. The van der Waals surface area contributed by atoms with Gasteiger partial charge >= 0.3 is 0 Å². The first-order valence-corrected chi connectivity index (χ1v) is 11.2. The molecule has 0 bridgehead atoms. The second-order valence-corrected chi connectivity index (χ2v) is 8.62. The van der Waals surface area contributed by atoms with Gasteiger partial charge in [-0.1, -0.05) is 18.2 Å². The fourth-order valence-corrected chi connectivity index (χ4v) is 4.80. The number of hydrogen-bond donors (Lipinski definition) is 4.